The van der Waals surface area contributed by atoms with Crippen LogP contribution in [-0.4, -0.2) is 16.8 Å². The zero-order chi connectivity index (χ0) is 14.2. The fourth-order valence-electron chi connectivity index (χ4n) is 1.77. The van der Waals surface area contributed by atoms with Crippen LogP contribution in [0.4, 0.5) is 0 Å². The van der Waals surface area contributed by atoms with E-state index in [2.05, 4.69) is 0 Å². The Hall–Kier alpha value is -1.94. The molecule has 1 N–H and O–H groups in total. The molecule has 3 nitrogen and oxygen atoms in total. The van der Waals surface area contributed by atoms with E-state index in [-0.39, 0.29) is 5.75 Å². The highest BCUT2D eigenvalue weighted by molar-refractivity contribution is 7.99. The van der Waals surface area contributed by atoms with Gasteiger partial charge in [-0.15, -0.1) is 11.8 Å². The standard InChI is InChI=1S/C16H16O3S/c17-16(18)12-20-11-14-7-5-4-6-13(14)10-19-15-8-2-1-3-9-15/h1-9H,10-12H2,(H,17,18). The third kappa shape index (κ3) is 4.63. The number of para-hydroxylation sites is 1. The monoisotopic (exact) mass is 288 g/mol. The second-order valence-electron chi connectivity index (χ2n) is 4.26. The van der Waals surface area contributed by atoms with Crippen LogP contribution in [0.15, 0.2) is 54.6 Å². The number of carboxylic acids is 1. The molecule has 0 bridgehead atoms. The summed E-state index contributed by atoms with van der Waals surface area (Å²) in [5, 5.41) is 8.67. The second-order valence-corrected chi connectivity index (χ2v) is 5.24. The van der Waals surface area contributed by atoms with Crippen molar-refractivity contribution < 1.29 is 14.6 Å². The van der Waals surface area contributed by atoms with Crippen LogP contribution in [0.3, 0.4) is 0 Å². The van der Waals surface area contributed by atoms with Crippen molar-refractivity contribution in [3.05, 3.63) is 65.7 Å². The van der Waals surface area contributed by atoms with Gasteiger partial charge in [-0.3, -0.25) is 4.79 Å². The Labute approximate surface area is 122 Å². The lowest BCUT2D eigenvalue weighted by Crippen LogP contribution is -2.01. The zero-order valence-corrected chi connectivity index (χ0v) is 11.8. The first-order valence-corrected chi connectivity index (χ1v) is 7.45. The lowest BCUT2D eigenvalue weighted by molar-refractivity contribution is -0.133. The summed E-state index contributed by atoms with van der Waals surface area (Å²) in [7, 11) is 0. The van der Waals surface area contributed by atoms with Crippen molar-refractivity contribution in [1.82, 2.24) is 0 Å². The Morgan fingerprint density at radius 2 is 1.65 bits per heavy atom. The molecule has 0 atom stereocenters. The molecule has 0 radical (unpaired) electrons. The highest BCUT2D eigenvalue weighted by atomic mass is 32.2. The van der Waals surface area contributed by atoms with Gasteiger partial charge in [0, 0.05) is 5.75 Å². The fraction of sp³-hybridized carbons (Fsp3) is 0.188. The molecule has 0 amide bonds. The van der Waals surface area contributed by atoms with Gasteiger partial charge in [0.15, 0.2) is 0 Å². The lowest BCUT2D eigenvalue weighted by Gasteiger charge is -2.10. The topological polar surface area (TPSA) is 46.5 Å². The lowest BCUT2D eigenvalue weighted by atomic mass is 10.1. The van der Waals surface area contributed by atoms with Crippen molar-refractivity contribution in [3.8, 4) is 5.75 Å². The highest BCUT2D eigenvalue weighted by Crippen LogP contribution is 2.19. The van der Waals surface area contributed by atoms with Crippen molar-refractivity contribution in [1.29, 1.82) is 0 Å². The van der Waals surface area contributed by atoms with E-state index in [0.29, 0.717) is 12.4 Å². The van der Waals surface area contributed by atoms with E-state index in [4.69, 9.17) is 9.84 Å². The van der Waals surface area contributed by atoms with E-state index in [0.717, 1.165) is 16.9 Å². The Kier molecular flexibility index (Phi) is 5.50. The smallest absolute Gasteiger partial charge is 0.313 e. The van der Waals surface area contributed by atoms with E-state index < -0.39 is 5.97 Å². The molecule has 4 heteroatoms. The first-order chi connectivity index (χ1) is 9.75. The Morgan fingerprint density at radius 3 is 2.35 bits per heavy atom. The number of hydrogen-bond acceptors (Lipinski definition) is 3. The predicted molar refractivity (Wildman–Crippen MR) is 81.0 cm³/mol. The Balaban J connectivity index is 1.95. The molecule has 0 fully saturated rings. The second kappa shape index (κ2) is 7.60. The molecule has 0 unspecified atom stereocenters. The maximum absolute atomic E-state index is 10.5. The third-order valence-corrected chi connectivity index (χ3v) is 3.71. The number of carboxylic acid groups (broad SMARTS) is 1. The number of aliphatic carboxylic acids is 1. The average molecular weight is 288 g/mol. The molecule has 0 spiro atoms. The van der Waals surface area contributed by atoms with Crippen molar-refractivity contribution >= 4 is 17.7 Å². The van der Waals surface area contributed by atoms with E-state index in [1.807, 2.05) is 54.6 Å². The van der Waals surface area contributed by atoms with Gasteiger partial charge in [0.05, 0.1) is 5.75 Å². The summed E-state index contributed by atoms with van der Waals surface area (Å²) in [6.45, 7) is 0.494. The predicted octanol–water partition coefficient (Wildman–Crippen LogP) is 3.58. The van der Waals surface area contributed by atoms with Crippen LogP contribution in [0.2, 0.25) is 0 Å². The summed E-state index contributed by atoms with van der Waals surface area (Å²) in [6, 6.07) is 17.6. The van der Waals surface area contributed by atoms with Gasteiger partial charge in [0.25, 0.3) is 0 Å². The van der Waals surface area contributed by atoms with Crippen LogP contribution in [0.1, 0.15) is 11.1 Å². The molecule has 0 aliphatic rings. The number of hydrogen-bond donors (Lipinski definition) is 1. The van der Waals surface area contributed by atoms with Crippen molar-refractivity contribution in [2.75, 3.05) is 5.75 Å². The van der Waals surface area contributed by atoms with Crippen molar-refractivity contribution in [2.24, 2.45) is 0 Å². The highest BCUT2D eigenvalue weighted by Gasteiger charge is 2.04. The molecule has 0 saturated carbocycles. The van der Waals surface area contributed by atoms with Crippen LogP contribution in [0.25, 0.3) is 0 Å². The molecule has 20 heavy (non-hydrogen) atoms. The fourth-order valence-corrected chi connectivity index (χ4v) is 2.54. The molecule has 0 aromatic heterocycles. The number of rotatable bonds is 7. The van der Waals surface area contributed by atoms with E-state index in [1.54, 1.807) is 0 Å². The first kappa shape index (κ1) is 14.5. The number of ether oxygens (including phenoxy) is 1. The number of carbonyl (C=O) groups is 1. The summed E-state index contributed by atoms with van der Waals surface area (Å²) >= 11 is 1.40. The molecule has 0 heterocycles. The van der Waals surface area contributed by atoms with Gasteiger partial charge in [-0.2, -0.15) is 0 Å². The molecule has 2 aromatic rings. The Morgan fingerprint density at radius 1 is 1.00 bits per heavy atom. The first-order valence-electron chi connectivity index (χ1n) is 6.30. The molecule has 0 aliphatic heterocycles. The molecule has 104 valence electrons. The van der Waals surface area contributed by atoms with Crippen LogP contribution >= 0.6 is 11.8 Å². The molecule has 2 aromatic carbocycles. The van der Waals surface area contributed by atoms with E-state index >= 15 is 0 Å². The maximum Gasteiger partial charge on any atom is 0.313 e. The SMILES string of the molecule is O=C(O)CSCc1ccccc1COc1ccccc1. The maximum atomic E-state index is 10.5. The van der Waals surface area contributed by atoms with E-state index in [9.17, 15) is 4.79 Å². The average Bonchev–Trinajstić information content (AvgIpc) is 2.47. The summed E-state index contributed by atoms with van der Waals surface area (Å²) in [6.07, 6.45) is 0. The third-order valence-electron chi connectivity index (χ3n) is 2.74. The molecular formula is C16H16O3S. The quantitative estimate of drug-likeness (QED) is 0.846. The van der Waals surface area contributed by atoms with Crippen LogP contribution in [0, 0.1) is 0 Å². The normalized spacial score (nSPS) is 10.2. The van der Waals surface area contributed by atoms with Gasteiger partial charge in [-0.25, -0.2) is 0 Å². The van der Waals surface area contributed by atoms with Crippen molar-refractivity contribution in [3.63, 3.8) is 0 Å². The Bertz CT molecular complexity index is 555. The van der Waals surface area contributed by atoms with Gasteiger partial charge in [0.1, 0.15) is 12.4 Å². The van der Waals surface area contributed by atoms with E-state index in [1.165, 1.54) is 11.8 Å². The number of thioether (sulfide) groups is 1. The molecular weight excluding hydrogens is 272 g/mol. The van der Waals surface area contributed by atoms with Gasteiger partial charge < -0.3 is 9.84 Å². The minimum atomic E-state index is -0.784. The molecule has 0 aliphatic carbocycles. The summed E-state index contributed by atoms with van der Waals surface area (Å²) in [5.41, 5.74) is 2.21. The van der Waals surface area contributed by atoms with Crippen LogP contribution in [0.5, 0.6) is 5.75 Å². The van der Waals surface area contributed by atoms with Crippen LogP contribution in [-0.2, 0) is 17.2 Å². The van der Waals surface area contributed by atoms with Gasteiger partial charge in [-0.1, -0.05) is 42.5 Å². The van der Waals surface area contributed by atoms with Gasteiger partial charge >= 0.3 is 5.97 Å². The summed E-state index contributed by atoms with van der Waals surface area (Å²) in [4.78, 5) is 10.5. The van der Waals surface area contributed by atoms with Crippen LogP contribution < -0.4 is 4.74 Å². The zero-order valence-electron chi connectivity index (χ0n) is 11.0. The minimum absolute atomic E-state index is 0.119. The summed E-state index contributed by atoms with van der Waals surface area (Å²) in [5.74, 6) is 0.850. The summed E-state index contributed by atoms with van der Waals surface area (Å²) < 4.78 is 5.73. The number of benzene rings is 2. The van der Waals surface area contributed by atoms with Gasteiger partial charge in [-0.05, 0) is 23.3 Å². The molecule has 2 rings (SSSR count). The van der Waals surface area contributed by atoms with Gasteiger partial charge in [0.2, 0.25) is 0 Å². The van der Waals surface area contributed by atoms with Crippen molar-refractivity contribution in [2.45, 2.75) is 12.4 Å². The largest absolute Gasteiger partial charge is 0.489 e. The minimum Gasteiger partial charge on any atom is -0.489 e. The molecule has 0 saturated heterocycles.